The molecule has 1 amide bonds. The Morgan fingerprint density at radius 1 is 1.23 bits per heavy atom. The highest BCUT2D eigenvalue weighted by molar-refractivity contribution is 9.10. The van der Waals surface area contributed by atoms with Gasteiger partial charge in [-0.15, -0.1) is 10.2 Å². The molecule has 0 radical (unpaired) electrons. The van der Waals surface area contributed by atoms with E-state index >= 15 is 0 Å². The lowest BCUT2D eigenvalue weighted by atomic mass is 10.2. The molecule has 26 heavy (non-hydrogen) atoms. The third kappa shape index (κ3) is 3.88. The fourth-order valence-electron chi connectivity index (χ4n) is 2.19. The van der Waals surface area contributed by atoms with Gasteiger partial charge < -0.3 is 11.2 Å². The number of thioether (sulfide) groups is 1. The van der Waals surface area contributed by atoms with E-state index in [-0.39, 0.29) is 11.6 Å². The molecule has 3 aromatic rings. The zero-order valence-electron chi connectivity index (χ0n) is 13.7. The fourth-order valence-corrected chi connectivity index (χ4v) is 3.42. The molecular weight excluding hydrogens is 421 g/mol. The average molecular weight is 436 g/mol. The van der Waals surface area contributed by atoms with Crippen molar-refractivity contribution in [3.05, 3.63) is 58.8 Å². The predicted molar refractivity (Wildman–Crippen MR) is 104 cm³/mol. The second-order valence-corrected chi connectivity index (χ2v) is 7.55. The molecule has 2 aromatic carbocycles. The van der Waals surface area contributed by atoms with Crippen LogP contribution in [-0.2, 0) is 4.79 Å². The number of rotatable bonds is 5. The predicted octanol–water partition coefficient (Wildman–Crippen LogP) is 3.68. The van der Waals surface area contributed by atoms with Crippen LogP contribution in [0.25, 0.3) is 11.4 Å². The summed E-state index contributed by atoms with van der Waals surface area (Å²) in [6.07, 6.45) is 0. The maximum atomic E-state index is 13.7. The Morgan fingerprint density at radius 2 is 1.92 bits per heavy atom. The zero-order valence-corrected chi connectivity index (χ0v) is 16.1. The largest absolute Gasteiger partial charge is 0.335 e. The Bertz CT molecular complexity index is 948. The third-order valence-electron chi connectivity index (χ3n) is 3.56. The van der Waals surface area contributed by atoms with Crippen molar-refractivity contribution in [1.29, 1.82) is 0 Å². The van der Waals surface area contributed by atoms with Gasteiger partial charge in [0.25, 0.3) is 0 Å². The Hall–Kier alpha value is -2.39. The van der Waals surface area contributed by atoms with Gasteiger partial charge >= 0.3 is 0 Å². The fraction of sp³-hybridized carbons (Fsp3) is 0.118. The van der Waals surface area contributed by atoms with Crippen molar-refractivity contribution in [3.63, 3.8) is 0 Å². The maximum absolute atomic E-state index is 13.7. The summed E-state index contributed by atoms with van der Waals surface area (Å²) in [5.74, 6) is 5.72. The molecule has 0 aliphatic rings. The number of hydrogen-bond donors (Lipinski definition) is 2. The highest BCUT2D eigenvalue weighted by atomic mass is 79.9. The van der Waals surface area contributed by atoms with Crippen LogP contribution in [0.1, 0.15) is 6.92 Å². The molecule has 0 spiro atoms. The van der Waals surface area contributed by atoms with E-state index in [1.165, 1.54) is 16.8 Å². The van der Waals surface area contributed by atoms with Crippen molar-refractivity contribution in [2.75, 3.05) is 11.2 Å². The highest BCUT2D eigenvalue weighted by Crippen LogP contribution is 2.29. The van der Waals surface area contributed by atoms with Crippen molar-refractivity contribution >= 4 is 39.3 Å². The number of anilines is 1. The molecule has 6 nitrogen and oxygen atoms in total. The summed E-state index contributed by atoms with van der Waals surface area (Å²) >= 11 is 4.59. The molecule has 0 aliphatic heterocycles. The summed E-state index contributed by atoms with van der Waals surface area (Å²) in [5, 5.41) is 10.5. The van der Waals surface area contributed by atoms with E-state index in [1.807, 2.05) is 24.3 Å². The number of nitrogens with two attached hydrogens (primary N) is 1. The first kappa shape index (κ1) is 18.4. The van der Waals surface area contributed by atoms with Crippen LogP contribution in [-0.4, -0.2) is 26.0 Å². The summed E-state index contributed by atoms with van der Waals surface area (Å²) in [4.78, 5) is 12.3. The zero-order chi connectivity index (χ0) is 18.7. The summed E-state index contributed by atoms with van der Waals surface area (Å²) in [7, 11) is 0. The number of aromatic nitrogens is 3. The molecule has 1 aromatic heterocycles. The lowest BCUT2D eigenvalue weighted by Gasteiger charge is -2.12. The minimum absolute atomic E-state index is 0.132. The number of halogens is 2. The van der Waals surface area contributed by atoms with Crippen LogP contribution in [0.5, 0.6) is 0 Å². The topological polar surface area (TPSA) is 85.8 Å². The van der Waals surface area contributed by atoms with Gasteiger partial charge in [-0.25, -0.2) is 9.07 Å². The van der Waals surface area contributed by atoms with Crippen molar-refractivity contribution in [3.8, 4) is 11.4 Å². The second kappa shape index (κ2) is 7.88. The van der Waals surface area contributed by atoms with E-state index in [4.69, 9.17) is 5.84 Å². The first-order chi connectivity index (χ1) is 12.5. The molecular formula is C17H15BrFN5OS. The van der Waals surface area contributed by atoms with Crippen molar-refractivity contribution < 1.29 is 9.18 Å². The summed E-state index contributed by atoms with van der Waals surface area (Å²) < 4.78 is 15.8. The number of carbonyl (C=O) groups excluding carboxylic acids is 1. The number of benzene rings is 2. The molecule has 0 aliphatic carbocycles. The van der Waals surface area contributed by atoms with Gasteiger partial charge in [0, 0.05) is 10.0 Å². The number of nitrogen functional groups attached to an aromatic ring is 1. The van der Waals surface area contributed by atoms with Crippen LogP contribution in [0.15, 0.2) is 58.2 Å². The first-order valence-corrected chi connectivity index (χ1v) is 9.32. The molecule has 1 atom stereocenters. The molecule has 0 bridgehead atoms. The van der Waals surface area contributed by atoms with Crippen molar-refractivity contribution in [2.24, 2.45) is 0 Å². The lowest BCUT2D eigenvalue weighted by Crippen LogP contribution is -2.24. The molecule has 0 fully saturated rings. The molecule has 134 valence electrons. The number of nitrogens with zero attached hydrogens (tertiary/aromatic N) is 3. The third-order valence-corrected chi connectivity index (χ3v) is 5.31. The van der Waals surface area contributed by atoms with Gasteiger partial charge in [-0.1, -0.05) is 52.0 Å². The van der Waals surface area contributed by atoms with Gasteiger partial charge in [0.05, 0.1) is 10.9 Å². The van der Waals surface area contributed by atoms with E-state index in [0.29, 0.717) is 11.0 Å². The van der Waals surface area contributed by atoms with Gasteiger partial charge in [-0.3, -0.25) is 4.79 Å². The van der Waals surface area contributed by atoms with E-state index < -0.39 is 11.1 Å². The number of nitrogens with one attached hydrogen (secondary N) is 1. The van der Waals surface area contributed by atoms with E-state index in [1.54, 1.807) is 19.1 Å². The number of hydrogen-bond acceptors (Lipinski definition) is 5. The minimum Gasteiger partial charge on any atom is -0.335 e. The van der Waals surface area contributed by atoms with Crippen LogP contribution in [0.4, 0.5) is 10.1 Å². The van der Waals surface area contributed by atoms with Crippen LogP contribution in [0.3, 0.4) is 0 Å². The molecule has 9 heteroatoms. The summed E-state index contributed by atoms with van der Waals surface area (Å²) in [6, 6.07) is 13.5. The first-order valence-electron chi connectivity index (χ1n) is 7.65. The second-order valence-electron chi connectivity index (χ2n) is 5.39. The van der Waals surface area contributed by atoms with Gasteiger partial charge in [0.2, 0.25) is 11.1 Å². The Labute approximate surface area is 162 Å². The lowest BCUT2D eigenvalue weighted by molar-refractivity contribution is -0.115. The van der Waals surface area contributed by atoms with Crippen LogP contribution < -0.4 is 11.2 Å². The number of para-hydroxylation sites is 1. The van der Waals surface area contributed by atoms with Crippen molar-refractivity contribution in [2.45, 2.75) is 17.3 Å². The van der Waals surface area contributed by atoms with Crippen LogP contribution in [0.2, 0.25) is 0 Å². The van der Waals surface area contributed by atoms with Crippen LogP contribution >= 0.6 is 27.7 Å². The number of carbonyl (C=O) groups is 1. The highest BCUT2D eigenvalue weighted by Gasteiger charge is 2.21. The van der Waals surface area contributed by atoms with Gasteiger partial charge in [0.1, 0.15) is 5.82 Å². The van der Waals surface area contributed by atoms with E-state index in [9.17, 15) is 9.18 Å². The molecule has 0 saturated carbocycles. The summed E-state index contributed by atoms with van der Waals surface area (Å²) in [6.45, 7) is 1.69. The molecule has 1 unspecified atom stereocenters. The number of amides is 1. The van der Waals surface area contributed by atoms with Gasteiger partial charge in [-0.05, 0) is 31.2 Å². The summed E-state index contributed by atoms with van der Waals surface area (Å²) in [5.41, 5.74) is 0.922. The molecule has 3 rings (SSSR count). The Kier molecular flexibility index (Phi) is 5.58. The average Bonchev–Trinajstić information content (AvgIpc) is 2.98. The van der Waals surface area contributed by atoms with Crippen molar-refractivity contribution in [1.82, 2.24) is 14.9 Å². The van der Waals surface area contributed by atoms with Crippen LogP contribution in [0, 0.1) is 5.82 Å². The molecule has 1 heterocycles. The van der Waals surface area contributed by atoms with Gasteiger partial charge in [0.15, 0.2) is 5.82 Å². The monoisotopic (exact) mass is 435 g/mol. The smallest absolute Gasteiger partial charge is 0.237 e. The minimum atomic E-state index is -0.548. The molecule has 3 N–H and O–H groups in total. The Balaban J connectivity index is 1.74. The van der Waals surface area contributed by atoms with Gasteiger partial charge in [-0.2, -0.15) is 0 Å². The Morgan fingerprint density at radius 3 is 2.65 bits per heavy atom. The quantitative estimate of drug-likeness (QED) is 0.471. The van der Waals surface area contributed by atoms with E-state index in [0.717, 1.165) is 21.8 Å². The maximum Gasteiger partial charge on any atom is 0.237 e. The SMILES string of the molecule is CC(Sc1nnc(-c2ccccc2Br)n1N)C(=O)Nc1ccccc1F. The molecule has 0 saturated heterocycles. The van der Waals surface area contributed by atoms with E-state index in [2.05, 4.69) is 31.4 Å². The standard InChI is InChI=1S/C17H15BrFN5OS/c1-10(16(25)21-14-9-5-4-8-13(14)19)26-17-23-22-15(24(17)20)11-6-2-3-7-12(11)18/h2-10H,20H2,1H3,(H,21,25). The normalized spacial score (nSPS) is 12.0.